The molecule has 0 aliphatic carbocycles. The third-order valence-corrected chi connectivity index (χ3v) is 4.28. The molecule has 0 aromatic rings. The van der Waals surface area contributed by atoms with Gasteiger partial charge in [0.2, 0.25) is 0 Å². The average Bonchev–Trinajstić information content (AvgIpc) is 2.30. The number of piperazine rings is 1. The number of nitrogens with one attached hydrogen (secondary N) is 1. The molecule has 3 nitrogen and oxygen atoms in total. The molecule has 112 valence electrons. The number of piperidine rings is 1. The smallest absolute Gasteiger partial charge is 0.317 e. The van der Waals surface area contributed by atoms with E-state index in [-0.39, 0.29) is 0 Å². The molecular weight excluding hydrogens is 255 g/mol. The first kappa shape index (κ1) is 15.1. The van der Waals surface area contributed by atoms with Crippen molar-refractivity contribution in [1.82, 2.24) is 15.1 Å². The molecule has 0 unspecified atom stereocenters. The van der Waals surface area contributed by atoms with Crippen molar-refractivity contribution in [2.75, 3.05) is 52.4 Å². The van der Waals surface area contributed by atoms with E-state index in [1.54, 1.807) is 0 Å². The second-order valence-corrected chi connectivity index (χ2v) is 6.23. The standard InChI is InChI=1S/C13H24F3N3/c1-12(2-4-17-5-3-12)10-18-6-8-19(9-7-18)11-13(14,15)16/h17H,2-11H2,1H3. The Kier molecular flexibility index (Phi) is 4.74. The Balaban J connectivity index is 1.74. The lowest BCUT2D eigenvalue weighted by atomic mass is 9.80. The van der Waals surface area contributed by atoms with Crippen LogP contribution in [0.1, 0.15) is 19.8 Å². The molecule has 2 aliphatic rings. The maximum absolute atomic E-state index is 12.3. The molecule has 1 N–H and O–H groups in total. The maximum atomic E-state index is 12.3. The largest absolute Gasteiger partial charge is 0.401 e. The number of alkyl halides is 3. The van der Waals surface area contributed by atoms with Crippen molar-refractivity contribution in [2.24, 2.45) is 5.41 Å². The molecule has 0 saturated carbocycles. The summed E-state index contributed by atoms with van der Waals surface area (Å²) in [4.78, 5) is 3.85. The summed E-state index contributed by atoms with van der Waals surface area (Å²) in [6.07, 6.45) is -1.74. The Morgan fingerprint density at radius 1 is 1.00 bits per heavy atom. The van der Waals surface area contributed by atoms with Crippen LogP contribution in [0.25, 0.3) is 0 Å². The normalized spacial score (nSPS) is 26.5. The highest BCUT2D eigenvalue weighted by Crippen LogP contribution is 2.29. The van der Waals surface area contributed by atoms with Crippen molar-refractivity contribution in [3.8, 4) is 0 Å². The summed E-state index contributed by atoms with van der Waals surface area (Å²) in [6.45, 7) is 7.28. The van der Waals surface area contributed by atoms with Crippen LogP contribution in [0.4, 0.5) is 13.2 Å². The van der Waals surface area contributed by atoms with Gasteiger partial charge in [-0.3, -0.25) is 4.90 Å². The fourth-order valence-electron chi connectivity index (χ4n) is 3.09. The molecule has 2 aliphatic heterocycles. The number of hydrogen-bond acceptors (Lipinski definition) is 3. The van der Waals surface area contributed by atoms with Crippen LogP contribution in [0.5, 0.6) is 0 Å². The minimum Gasteiger partial charge on any atom is -0.317 e. The predicted octanol–water partition coefficient (Wildman–Crippen LogP) is 1.56. The van der Waals surface area contributed by atoms with Crippen LogP contribution in [0.2, 0.25) is 0 Å². The van der Waals surface area contributed by atoms with Gasteiger partial charge < -0.3 is 10.2 Å². The number of rotatable bonds is 3. The average molecular weight is 279 g/mol. The predicted molar refractivity (Wildman–Crippen MR) is 69.1 cm³/mol. The first-order valence-corrected chi connectivity index (χ1v) is 7.09. The fourth-order valence-corrected chi connectivity index (χ4v) is 3.09. The van der Waals surface area contributed by atoms with E-state index < -0.39 is 12.7 Å². The highest BCUT2D eigenvalue weighted by molar-refractivity contribution is 4.85. The maximum Gasteiger partial charge on any atom is 0.401 e. The molecule has 0 radical (unpaired) electrons. The van der Waals surface area contributed by atoms with Gasteiger partial charge in [0.15, 0.2) is 0 Å². The lowest BCUT2D eigenvalue weighted by molar-refractivity contribution is -0.149. The molecule has 0 aromatic carbocycles. The SMILES string of the molecule is CC1(CN2CCN(CC(F)(F)F)CC2)CCNCC1. The molecule has 19 heavy (non-hydrogen) atoms. The van der Waals surface area contributed by atoms with Crippen molar-refractivity contribution in [1.29, 1.82) is 0 Å². The third kappa shape index (κ3) is 4.93. The van der Waals surface area contributed by atoms with Gasteiger partial charge in [0.25, 0.3) is 0 Å². The van der Waals surface area contributed by atoms with Crippen molar-refractivity contribution >= 4 is 0 Å². The molecule has 0 atom stereocenters. The van der Waals surface area contributed by atoms with Gasteiger partial charge in [0, 0.05) is 32.7 Å². The zero-order valence-corrected chi connectivity index (χ0v) is 11.6. The van der Waals surface area contributed by atoms with E-state index in [4.69, 9.17) is 0 Å². The van der Waals surface area contributed by atoms with E-state index >= 15 is 0 Å². The van der Waals surface area contributed by atoms with Gasteiger partial charge in [-0.1, -0.05) is 6.92 Å². The molecule has 2 heterocycles. The van der Waals surface area contributed by atoms with Crippen LogP contribution in [0.15, 0.2) is 0 Å². The fraction of sp³-hybridized carbons (Fsp3) is 1.00. The van der Waals surface area contributed by atoms with Crippen molar-refractivity contribution in [3.05, 3.63) is 0 Å². The zero-order chi connectivity index (χ0) is 13.9. The molecule has 2 saturated heterocycles. The molecule has 0 spiro atoms. The number of hydrogen-bond donors (Lipinski definition) is 1. The van der Waals surface area contributed by atoms with E-state index in [1.807, 2.05) is 0 Å². The summed E-state index contributed by atoms with van der Waals surface area (Å²) in [6, 6.07) is 0. The zero-order valence-electron chi connectivity index (χ0n) is 11.6. The minimum atomic E-state index is -4.07. The lowest BCUT2D eigenvalue weighted by Crippen LogP contribution is -2.52. The molecule has 2 fully saturated rings. The van der Waals surface area contributed by atoms with Gasteiger partial charge in [-0.05, 0) is 31.3 Å². The Labute approximate surface area is 113 Å². The Morgan fingerprint density at radius 3 is 2.05 bits per heavy atom. The minimum absolute atomic E-state index is 0.331. The summed E-state index contributed by atoms with van der Waals surface area (Å²) < 4.78 is 36.9. The summed E-state index contributed by atoms with van der Waals surface area (Å²) in [5, 5.41) is 3.36. The highest BCUT2D eigenvalue weighted by atomic mass is 19.4. The molecule has 2 rings (SSSR count). The second kappa shape index (κ2) is 5.97. The molecular formula is C13H24F3N3. The first-order chi connectivity index (χ1) is 8.86. The third-order valence-electron chi connectivity index (χ3n) is 4.28. The highest BCUT2D eigenvalue weighted by Gasteiger charge is 2.34. The topological polar surface area (TPSA) is 18.5 Å². The number of halogens is 3. The van der Waals surface area contributed by atoms with Crippen LogP contribution in [-0.2, 0) is 0 Å². The van der Waals surface area contributed by atoms with Gasteiger partial charge in [-0.15, -0.1) is 0 Å². The first-order valence-electron chi connectivity index (χ1n) is 7.09. The summed E-state index contributed by atoms with van der Waals surface area (Å²) in [5.41, 5.74) is 0.331. The van der Waals surface area contributed by atoms with Gasteiger partial charge in [-0.2, -0.15) is 13.2 Å². The van der Waals surface area contributed by atoms with Gasteiger partial charge in [0.05, 0.1) is 6.54 Å². The number of nitrogens with zero attached hydrogens (tertiary/aromatic N) is 2. The van der Waals surface area contributed by atoms with Gasteiger partial charge in [0.1, 0.15) is 0 Å². The van der Waals surface area contributed by atoms with E-state index in [9.17, 15) is 13.2 Å². The van der Waals surface area contributed by atoms with Crippen molar-refractivity contribution in [3.63, 3.8) is 0 Å². The van der Waals surface area contributed by atoms with E-state index in [0.717, 1.165) is 45.6 Å². The summed E-state index contributed by atoms with van der Waals surface area (Å²) >= 11 is 0. The van der Waals surface area contributed by atoms with Gasteiger partial charge in [-0.25, -0.2) is 0 Å². The van der Waals surface area contributed by atoms with Crippen LogP contribution in [0.3, 0.4) is 0 Å². The molecule has 6 heteroatoms. The molecule has 0 aromatic heterocycles. The quantitative estimate of drug-likeness (QED) is 0.846. The molecule has 0 bridgehead atoms. The van der Waals surface area contributed by atoms with Crippen LogP contribution < -0.4 is 5.32 Å². The molecule has 0 amide bonds. The summed E-state index contributed by atoms with van der Waals surface area (Å²) in [5.74, 6) is 0. The van der Waals surface area contributed by atoms with Crippen molar-refractivity contribution < 1.29 is 13.2 Å². The second-order valence-electron chi connectivity index (χ2n) is 6.23. The monoisotopic (exact) mass is 279 g/mol. The van der Waals surface area contributed by atoms with Crippen molar-refractivity contribution in [2.45, 2.75) is 25.9 Å². The van der Waals surface area contributed by atoms with E-state index in [2.05, 4.69) is 17.1 Å². The van der Waals surface area contributed by atoms with Crippen LogP contribution in [-0.4, -0.2) is 68.3 Å². The van der Waals surface area contributed by atoms with Crippen LogP contribution >= 0.6 is 0 Å². The van der Waals surface area contributed by atoms with Crippen LogP contribution in [0, 0.1) is 5.41 Å². The van der Waals surface area contributed by atoms with E-state index in [1.165, 1.54) is 4.90 Å². The Hall–Kier alpha value is -0.330. The summed E-state index contributed by atoms with van der Waals surface area (Å²) in [7, 11) is 0. The Bertz CT molecular complexity index is 279. The van der Waals surface area contributed by atoms with E-state index in [0.29, 0.717) is 18.5 Å². The lowest BCUT2D eigenvalue weighted by Gasteiger charge is -2.42. The van der Waals surface area contributed by atoms with Gasteiger partial charge >= 0.3 is 6.18 Å². The Morgan fingerprint density at radius 2 is 1.53 bits per heavy atom.